The minimum atomic E-state index is -0.274. The number of likely N-dealkylation sites (tertiary alicyclic amines) is 1. The van der Waals surface area contributed by atoms with Crippen molar-refractivity contribution in [3.63, 3.8) is 0 Å². The van der Waals surface area contributed by atoms with E-state index >= 15 is 0 Å². The van der Waals surface area contributed by atoms with Gasteiger partial charge in [0.1, 0.15) is 12.3 Å². The Labute approximate surface area is 194 Å². The van der Waals surface area contributed by atoms with Gasteiger partial charge in [-0.05, 0) is 48.2 Å². The van der Waals surface area contributed by atoms with Crippen molar-refractivity contribution in [2.24, 2.45) is 5.92 Å². The zero-order valence-electron chi connectivity index (χ0n) is 18.8. The molecule has 1 aliphatic rings. The number of para-hydroxylation sites is 3. The summed E-state index contributed by atoms with van der Waals surface area (Å²) in [5, 5.41) is 0. The van der Waals surface area contributed by atoms with Gasteiger partial charge in [-0.2, -0.15) is 0 Å². The third-order valence-electron chi connectivity index (χ3n) is 5.68. The Bertz CT molecular complexity index is 1110. The molecule has 0 saturated carbocycles. The number of benzene rings is 3. The van der Waals surface area contributed by atoms with Crippen molar-refractivity contribution in [1.82, 2.24) is 4.90 Å². The van der Waals surface area contributed by atoms with Crippen molar-refractivity contribution in [2.75, 3.05) is 24.5 Å². The van der Waals surface area contributed by atoms with Gasteiger partial charge >= 0.3 is 0 Å². The normalized spacial score (nSPS) is 15.5. The molecule has 168 valence electrons. The molecule has 5 nitrogen and oxygen atoms in total. The van der Waals surface area contributed by atoms with Gasteiger partial charge in [-0.15, -0.1) is 0 Å². The van der Waals surface area contributed by atoms with Crippen LogP contribution in [0.1, 0.15) is 18.9 Å². The molecule has 4 rings (SSSR count). The van der Waals surface area contributed by atoms with Crippen molar-refractivity contribution < 1.29 is 14.3 Å². The summed E-state index contributed by atoms with van der Waals surface area (Å²) < 4.78 is 6.08. The molecular weight excluding hydrogens is 412 g/mol. The van der Waals surface area contributed by atoms with Crippen LogP contribution in [0.4, 0.5) is 5.69 Å². The van der Waals surface area contributed by atoms with Crippen LogP contribution in [0, 0.1) is 5.92 Å². The number of carbonyl (C=O) groups is 2. The van der Waals surface area contributed by atoms with Gasteiger partial charge in [0.05, 0.1) is 5.69 Å². The average Bonchev–Trinajstić information content (AvgIpc) is 3.29. The van der Waals surface area contributed by atoms with Crippen LogP contribution >= 0.6 is 0 Å². The van der Waals surface area contributed by atoms with E-state index < -0.39 is 0 Å². The second-order valence-electron chi connectivity index (χ2n) is 8.28. The summed E-state index contributed by atoms with van der Waals surface area (Å²) in [6.45, 7) is 3.55. The predicted molar refractivity (Wildman–Crippen MR) is 131 cm³/mol. The summed E-state index contributed by atoms with van der Waals surface area (Å²) in [7, 11) is 0. The first kappa shape index (κ1) is 22.3. The molecule has 0 aromatic heterocycles. The molecule has 2 amide bonds. The molecule has 1 heterocycles. The zero-order chi connectivity index (χ0) is 23.0. The predicted octanol–water partition coefficient (Wildman–Crippen LogP) is 5.39. The molecule has 0 spiro atoms. The van der Waals surface area contributed by atoms with E-state index in [0.29, 0.717) is 23.1 Å². The second-order valence-corrected chi connectivity index (χ2v) is 8.28. The van der Waals surface area contributed by atoms with E-state index in [9.17, 15) is 9.59 Å². The Kier molecular flexibility index (Phi) is 7.20. The molecular formula is C28H28N2O3. The quantitative estimate of drug-likeness (QED) is 0.463. The van der Waals surface area contributed by atoms with E-state index in [1.165, 1.54) is 11.0 Å². The van der Waals surface area contributed by atoms with Gasteiger partial charge in [-0.3, -0.25) is 14.5 Å². The van der Waals surface area contributed by atoms with Gasteiger partial charge in [0.2, 0.25) is 5.91 Å². The van der Waals surface area contributed by atoms with E-state index in [0.717, 1.165) is 25.1 Å². The first-order valence-electron chi connectivity index (χ1n) is 11.2. The molecule has 1 atom stereocenters. The molecule has 0 aliphatic carbocycles. The Morgan fingerprint density at radius 3 is 2.33 bits per heavy atom. The maximum atomic E-state index is 13.3. The van der Waals surface area contributed by atoms with Gasteiger partial charge in [-0.1, -0.05) is 67.6 Å². The summed E-state index contributed by atoms with van der Waals surface area (Å²) in [5.41, 5.74) is 1.48. The number of ether oxygens (including phenoxy) is 1. The molecule has 0 N–H and O–H groups in total. The van der Waals surface area contributed by atoms with Gasteiger partial charge in [0.25, 0.3) is 5.91 Å². The largest absolute Gasteiger partial charge is 0.455 e. The summed E-state index contributed by atoms with van der Waals surface area (Å²) >= 11 is 0. The second kappa shape index (κ2) is 10.6. The number of amides is 2. The minimum Gasteiger partial charge on any atom is -0.455 e. The van der Waals surface area contributed by atoms with Crippen molar-refractivity contribution in [2.45, 2.75) is 13.3 Å². The standard InChI is InChI=1S/C28H28N2O3/c1-22-18-19-29(20-22)28(32)21-30(27(31)17-16-23-10-4-2-5-11-23)25-14-8-9-15-26(25)33-24-12-6-3-7-13-24/h2-17,22H,18-21H2,1H3/b17-16+. The van der Waals surface area contributed by atoms with Crippen molar-refractivity contribution >= 4 is 23.6 Å². The molecule has 5 heteroatoms. The highest BCUT2D eigenvalue weighted by molar-refractivity contribution is 6.07. The van der Waals surface area contributed by atoms with Gasteiger partial charge < -0.3 is 9.64 Å². The van der Waals surface area contributed by atoms with Crippen LogP contribution in [-0.4, -0.2) is 36.3 Å². The third-order valence-corrected chi connectivity index (χ3v) is 5.68. The summed E-state index contributed by atoms with van der Waals surface area (Å²) in [6, 6.07) is 26.4. The summed E-state index contributed by atoms with van der Waals surface area (Å²) in [4.78, 5) is 29.8. The number of nitrogens with zero attached hydrogens (tertiary/aromatic N) is 2. The molecule has 1 saturated heterocycles. The number of anilines is 1. The Hall–Kier alpha value is -3.86. The highest BCUT2D eigenvalue weighted by atomic mass is 16.5. The van der Waals surface area contributed by atoms with Gasteiger partial charge in [0, 0.05) is 19.2 Å². The molecule has 3 aromatic carbocycles. The first-order chi connectivity index (χ1) is 16.1. The molecule has 1 aliphatic heterocycles. The molecule has 1 unspecified atom stereocenters. The monoisotopic (exact) mass is 440 g/mol. The van der Waals surface area contributed by atoms with E-state index in [-0.39, 0.29) is 18.4 Å². The number of hydrogen-bond acceptors (Lipinski definition) is 3. The average molecular weight is 441 g/mol. The van der Waals surface area contributed by atoms with Crippen LogP contribution in [0.2, 0.25) is 0 Å². The molecule has 1 fully saturated rings. The van der Waals surface area contributed by atoms with Crippen LogP contribution in [0.25, 0.3) is 6.08 Å². The molecule has 3 aromatic rings. The number of carbonyl (C=O) groups excluding carboxylic acids is 2. The topological polar surface area (TPSA) is 49.9 Å². The van der Waals surface area contributed by atoms with Gasteiger partial charge in [-0.25, -0.2) is 0 Å². The highest BCUT2D eigenvalue weighted by Gasteiger charge is 2.27. The maximum Gasteiger partial charge on any atom is 0.251 e. The minimum absolute atomic E-state index is 0.0418. The van der Waals surface area contributed by atoms with Crippen molar-refractivity contribution in [3.8, 4) is 11.5 Å². The first-order valence-corrected chi connectivity index (χ1v) is 11.2. The lowest BCUT2D eigenvalue weighted by Gasteiger charge is -2.26. The highest BCUT2D eigenvalue weighted by Crippen LogP contribution is 2.32. The van der Waals surface area contributed by atoms with Crippen molar-refractivity contribution in [1.29, 1.82) is 0 Å². The number of hydrogen-bond donors (Lipinski definition) is 0. The molecule has 0 radical (unpaired) electrons. The van der Waals surface area contributed by atoms with E-state index in [1.807, 2.05) is 89.8 Å². The smallest absolute Gasteiger partial charge is 0.251 e. The Balaban J connectivity index is 1.63. The van der Waals surface area contributed by atoms with E-state index in [1.54, 1.807) is 6.08 Å². The molecule has 0 bridgehead atoms. The summed E-state index contributed by atoms with van der Waals surface area (Å²) in [6.07, 6.45) is 4.26. The lowest BCUT2D eigenvalue weighted by molar-refractivity contribution is -0.130. The fourth-order valence-electron chi connectivity index (χ4n) is 3.88. The van der Waals surface area contributed by atoms with Crippen molar-refractivity contribution in [3.05, 3.63) is 96.6 Å². The fourth-order valence-corrected chi connectivity index (χ4v) is 3.88. The van der Waals surface area contributed by atoms with E-state index in [2.05, 4.69) is 6.92 Å². The maximum absolute atomic E-state index is 13.3. The molecule has 33 heavy (non-hydrogen) atoms. The Morgan fingerprint density at radius 1 is 0.970 bits per heavy atom. The third kappa shape index (κ3) is 5.89. The van der Waals surface area contributed by atoms with E-state index in [4.69, 9.17) is 4.74 Å². The van der Waals surface area contributed by atoms with Crippen LogP contribution in [0.15, 0.2) is 91.0 Å². The van der Waals surface area contributed by atoms with Crippen LogP contribution in [0.5, 0.6) is 11.5 Å². The van der Waals surface area contributed by atoms with Gasteiger partial charge in [0.15, 0.2) is 5.75 Å². The van der Waals surface area contributed by atoms with Crippen LogP contribution in [0.3, 0.4) is 0 Å². The lowest BCUT2D eigenvalue weighted by Crippen LogP contribution is -2.41. The number of rotatable bonds is 7. The zero-order valence-corrected chi connectivity index (χ0v) is 18.8. The summed E-state index contributed by atoms with van der Waals surface area (Å²) in [5.74, 6) is 1.33. The SMILES string of the molecule is CC1CCN(C(=O)CN(C(=O)/C=C/c2ccccc2)c2ccccc2Oc2ccccc2)C1. The van der Waals surface area contributed by atoms with Crippen LogP contribution < -0.4 is 9.64 Å². The fraction of sp³-hybridized carbons (Fsp3) is 0.214. The lowest BCUT2D eigenvalue weighted by atomic mass is 10.2. The Morgan fingerprint density at radius 2 is 1.64 bits per heavy atom. The van der Waals surface area contributed by atoms with Crippen LogP contribution in [-0.2, 0) is 9.59 Å².